The molecule has 0 bridgehead atoms. The van der Waals surface area contributed by atoms with Gasteiger partial charge in [0.2, 0.25) is 11.8 Å². The van der Waals surface area contributed by atoms with Gasteiger partial charge in [0, 0.05) is 11.1 Å². The van der Waals surface area contributed by atoms with Gasteiger partial charge in [-0.2, -0.15) is 5.10 Å². The number of H-pyrrole nitrogens is 1. The molecule has 0 fully saturated rings. The monoisotopic (exact) mass is 506 g/mol. The Hall–Kier alpha value is -3.83. The van der Waals surface area contributed by atoms with Gasteiger partial charge in [0.25, 0.3) is 11.8 Å². The Labute approximate surface area is 200 Å². The van der Waals surface area contributed by atoms with Crippen molar-refractivity contribution in [1.29, 1.82) is 0 Å². The van der Waals surface area contributed by atoms with Crippen LogP contribution in [0.15, 0.2) is 46.9 Å². The first-order valence-corrected chi connectivity index (χ1v) is 10.4. The number of carbonyl (C=O) groups excluding carboxylic acids is 2. The maximum atomic E-state index is 13.4. The van der Waals surface area contributed by atoms with E-state index >= 15 is 0 Å². The lowest BCUT2D eigenvalue weighted by atomic mass is 10.1. The third-order valence-electron chi connectivity index (χ3n) is 4.50. The summed E-state index contributed by atoms with van der Waals surface area (Å²) in [6.45, 7) is -0.0440. The fraction of sp³-hybridized carbons (Fsp3) is 0.0952. The second kappa shape index (κ2) is 9.98. The molecule has 4 rings (SSSR count). The van der Waals surface area contributed by atoms with Crippen LogP contribution in [0.2, 0.25) is 10.0 Å². The van der Waals surface area contributed by atoms with E-state index in [0.29, 0.717) is 29.5 Å². The van der Waals surface area contributed by atoms with Gasteiger partial charge in [-0.25, -0.2) is 8.78 Å². The molecule has 0 atom stereocenters. The molecule has 4 aromatic rings. The topological polar surface area (TPSA) is 126 Å². The molecule has 174 valence electrons. The second-order valence-corrected chi connectivity index (χ2v) is 7.79. The minimum Gasteiger partial charge on any atom is -0.423 e. The Morgan fingerprint density at radius 3 is 2.44 bits per heavy atom. The molecule has 0 aliphatic heterocycles. The van der Waals surface area contributed by atoms with E-state index in [4.69, 9.17) is 27.6 Å². The highest BCUT2D eigenvalue weighted by molar-refractivity contribution is 6.34. The minimum absolute atomic E-state index is 0.0209. The Morgan fingerprint density at radius 2 is 1.68 bits per heavy atom. The van der Waals surface area contributed by atoms with Crippen molar-refractivity contribution in [3.8, 4) is 0 Å². The van der Waals surface area contributed by atoms with Crippen molar-refractivity contribution >= 4 is 40.8 Å². The molecule has 0 unspecified atom stereocenters. The van der Waals surface area contributed by atoms with Crippen molar-refractivity contribution in [2.24, 2.45) is 0 Å². The molecule has 0 saturated carbocycles. The Kier molecular flexibility index (Phi) is 6.85. The smallest absolute Gasteiger partial charge is 0.269 e. The van der Waals surface area contributed by atoms with Gasteiger partial charge < -0.3 is 15.1 Å². The maximum Gasteiger partial charge on any atom is 0.269 e. The van der Waals surface area contributed by atoms with Crippen LogP contribution in [0.3, 0.4) is 0 Å². The van der Waals surface area contributed by atoms with Gasteiger partial charge >= 0.3 is 0 Å². The molecule has 2 aromatic heterocycles. The van der Waals surface area contributed by atoms with Crippen molar-refractivity contribution < 1.29 is 22.8 Å². The summed E-state index contributed by atoms with van der Waals surface area (Å²) in [5.41, 5.74) is 0.660. The highest BCUT2D eigenvalue weighted by Gasteiger charge is 2.18. The number of benzene rings is 2. The molecule has 34 heavy (non-hydrogen) atoms. The molecular formula is C21H14Cl2F2N6O3. The number of aromatic amines is 1. The van der Waals surface area contributed by atoms with Crippen LogP contribution < -0.4 is 10.6 Å². The maximum absolute atomic E-state index is 13.4. The number of rotatable bonds is 7. The lowest BCUT2D eigenvalue weighted by Gasteiger charge is -2.05. The lowest BCUT2D eigenvalue weighted by Crippen LogP contribution is -2.23. The summed E-state index contributed by atoms with van der Waals surface area (Å²) >= 11 is 11.6. The predicted octanol–water partition coefficient (Wildman–Crippen LogP) is 4.15. The number of amides is 2. The van der Waals surface area contributed by atoms with Crippen LogP contribution in [0.25, 0.3) is 0 Å². The molecule has 9 nitrogen and oxygen atoms in total. The van der Waals surface area contributed by atoms with E-state index in [1.54, 1.807) is 12.1 Å². The first-order valence-electron chi connectivity index (χ1n) is 9.63. The molecule has 3 N–H and O–H groups in total. The zero-order chi connectivity index (χ0) is 24.2. The van der Waals surface area contributed by atoms with Gasteiger partial charge in [0.05, 0.1) is 23.6 Å². The van der Waals surface area contributed by atoms with Crippen LogP contribution >= 0.6 is 23.2 Å². The summed E-state index contributed by atoms with van der Waals surface area (Å²) < 4.78 is 32.1. The predicted molar refractivity (Wildman–Crippen MR) is 118 cm³/mol. The second-order valence-electron chi connectivity index (χ2n) is 6.94. The fourth-order valence-electron chi connectivity index (χ4n) is 2.84. The quantitative estimate of drug-likeness (QED) is 0.323. The zero-order valence-electron chi connectivity index (χ0n) is 17.0. The lowest BCUT2D eigenvalue weighted by molar-refractivity contribution is 0.0941. The van der Waals surface area contributed by atoms with Crippen molar-refractivity contribution in [3.05, 3.63) is 92.7 Å². The van der Waals surface area contributed by atoms with Crippen LogP contribution in [0.5, 0.6) is 0 Å². The van der Waals surface area contributed by atoms with Crippen molar-refractivity contribution in [2.45, 2.75) is 13.0 Å². The number of nitrogens with one attached hydrogen (secondary N) is 3. The number of halogens is 4. The average Bonchev–Trinajstić information content (AvgIpc) is 3.46. The molecule has 2 amide bonds. The number of hydrogen-bond donors (Lipinski definition) is 3. The molecule has 0 aliphatic rings. The Morgan fingerprint density at radius 1 is 0.971 bits per heavy atom. The summed E-state index contributed by atoms with van der Waals surface area (Å²) in [6, 6.07) is 9.78. The third-order valence-corrected chi connectivity index (χ3v) is 5.06. The van der Waals surface area contributed by atoms with E-state index in [2.05, 4.69) is 31.0 Å². The van der Waals surface area contributed by atoms with Crippen LogP contribution in [0.1, 0.15) is 38.2 Å². The average molecular weight is 507 g/mol. The number of carbonyl (C=O) groups is 2. The van der Waals surface area contributed by atoms with Crippen molar-refractivity contribution in [2.75, 3.05) is 5.32 Å². The van der Waals surface area contributed by atoms with Crippen LogP contribution in [-0.2, 0) is 13.0 Å². The van der Waals surface area contributed by atoms with E-state index in [1.165, 1.54) is 6.07 Å². The first-order chi connectivity index (χ1) is 16.3. The van der Waals surface area contributed by atoms with E-state index in [9.17, 15) is 18.4 Å². The van der Waals surface area contributed by atoms with Gasteiger partial charge in [0.1, 0.15) is 5.69 Å². The molecule has 0 saturated heterocycles. The molecule has 13 heteroatoms. The van der Waals surface area contributed by atoms with Crippen molar-refractivity contribution in [3.63, 3.8) is 0 Å². The van der Waals surface area contributed by atoms with E-state index in [1.807, 2.05) is 12.1 Å². The molecule has 2 aromatic carbocycles. The summed E-state index contributed by atoms with van der Waals surface area (Å²) in [7, 11) is 0. The molecule has 2 heterocycles. The summed E-state index contributed by atoms with van der Waals surface area (Å²) in [5.74, 6) is -3.27. The minimum atomic E-state index is -1.23. The highest BCUT2D eigenvalue weighted by atomic mass is 35.5. The van der Waals surface area contributed by atoms with Crippen LogP contribution in [0, 0.1) is 11.6 Å². The van der Waals surface area contributed by atoms with E-state index in [-0.39, 0.29) is 34.5 Å². The van der Waals surface area contributed by atoms with Gasteiger partial charge in [-0.1, -0.05) is 35.3 Å². The van der Waals surface area contributed by atoms with Gasteiger partial charge in [-0.3, -0.25) is 14.7 Å². The first kappa shape index (κ1) is 23.3. The number of aromatic nitrogens is 4. The Bertz CT molecular complexity index is 1360. The summed E-state index contributed by atoms with van der Waals surface area (Å²) in [5, 5.41) is 19.3. The van der Waals surface area contributed by atoms with Gasteiger partial charge in [0.15, 0.2) is 17.5 Å². The summed E-state index contributed by atoms with van der Waals surface area (Å²) in [6.07, 6.45) is 0.406. The summed E-state index contributed by atoms with van der Waals surface area (Å²) in [4.78, 5) is 24.6. The fourth-order valence-corrected chi connectivity index (χ4v) is 3.20. The van der Waals surface area contributed by atoms with Crippen molar-refractivity contribution in [1.82, 2.24) is 25.7 Å². The van der Waals surface area contributed by atoms with Crippen LogP contribution in [-0.4, -0.2) is 32.2 Å². The number of anilines is 1. The van der Waals surface area contributed by atoms with E-state index < -0.39 is 23.4 Å². The highest BCUT2D eigenvalue weighted by Crippen LogP contribution is 2.21. The molecule has 0 spiro atoms. The number of nitrogens with zero attached hydrogens (tertiary/aromatic N) is 3. The molecule has 0 radical (unpaired) electrons. The van der Waals surface area contributed by atoms with Gasteiger partial charge in [-0.05, 0) is 29.8 Å². The zero-order valence-corrected chi connectivity index (χ0v) is 18.5. The molecular weight excluding hydrogens is 493 g/mol. The van der Waals surface area contributed by atoms with Gasteiger partial charge in [-0.15, -0.1) is 10.2 Å². The third kappa shape index (κ3) is 5.56. The van der Waals surface area contributed by atoms with E-state index in [0.717, 1.165) is 5.56 Å². The Balaban J connectivity index is 1.32. The molecule has 0 aliphatic carbocycles. The normalized spacial score (nSPS) is 10.8. The standard InChI is InChI=1S/C21H14Cl2F2N6O3/c22-11-3-1-10(2-4-11)5-18-30-31-19(34-18)9-26-21(33)16-8-17(29-28-16)27-20(32)12-6-14(24)15(25)7-13(12)23/h1-4,6-8H,5,9H2,(H,26,33)(H2,27,28,29,32). The largest absolute Gasteiger partial charge is 0.423 e. The number of hydrogen-bond acceptors (Lipinski definition) is 6. The van der Waals surface area contributed by atoms with Crippen LogP contribution in [0.4, 0.5) is 14.6 Å². The SMILES string of the molecule is O=C(NCc1nnc(Cc2ccc(Cl)cc2)o1)c1cc(NC(=O)c2cc(F)c(F)cc2Cl)n[nH]1.